The van der Waals surface area contributed by atoms with E-state index in [4.69, 9.17) is 17.3 Å². The summed E-state index contributed by atoms with van der Waals surface area (Å²) in [5, 5.41) is 1.12. The quantitative estimate of drug-likeness (QED) is 0.906. The van der Waals surface area contributed by atoms with Crippen molar-refractivity contribution in [3.05, 3.63) is 15.5 Å². The molecule has 16 heavy (non-hydrogen) atoms. The van der Waals surface area contributed by atoms with Gasteiger partial charge in [0.1, 0.15) is 9.34 Å². The Morgan fingerprint density at radius 3 is 2.81 bits per heavy atom. The third-order valence-electron chi connectivity index (χ3n) is 3.26. The van der Waals surface area contributed by atoms with Crippen LogP contribution in [0, 0.1) is 5.92 Å². The SMILES string of the molecule is CC(N)C1CCN(Cc2ncc(Cl)s2)CC1. The van der Waals surface area contributed by atoms with E-state index in [2.05, 4.69) is 16.8 Å². The molecular formula is C11H18ClN3S. The van der Waals surface area contributed by atoms with Crippen molar-refractivity contribution in [3.63, 3.8) is 0 Å². The Balaban J connectivity index is 1.81. The van der Waals surface area contributed by atoms with Crippen LogP contribution in [-0.4, -0.2) is 29.0 Å². The largest absolute Gasteiger partial charge is 0.328 e. The van der Waals surface area contributed by atoms with Crippen molar-refractivity contribution in [2.75, 3.05) is 13.1 Å². The first-order valence-corrected chi connectivity index (χ1v) is 6.92. The number of likely N-dealkylation sites (tertiary alicyclic amines) is 1. The summed E-state index contributed by atoms with van der Waals surface area (Å²) in [4.78, 5) is 6.72. The highest BCUT2D eigenvalue weighted by Gasteiger charge is 2.22. The number of aromatic nitrogens is 1. The van der Waals surface area contributed by atoms with Gasteiger partial charge in [-0.15, -0.1) is 11.3 Å². The van der Waals surface area contributed by atoms with Crippen molar-refractivity contribution in [1.29, 1.82) is 0 Å². The summed E-state index contributed by atoms with van der Waals surface area (Å²) in [7, 11) is 0. The lowest BCUT2D eigenvalue weighted by atomic mass is 9.91. The highest BCUT2D eigenvalue weighted by molar-refractivity contribution is 7.15. The average Bonchev–Trinajstić information content (AvgIpc) is 2.65. The van der Waals surface area contributed by atoms with Gasteiger partial charge in [-0.25, -0.2) is 4.98 Å². The first-order chi connectivity index (χ1) is 7.65. The van der Waals surface area contributed by atoms with Crippen LogP contribution in [-0.2, 0) is 6.54 Å². The number of rotatable bonds is 3. The topological polar surface area (TPSA) is 42.1 Å². The maximum Gasteiger partial charge on any atom is 0.113 e. The molecule has 1 unspecified atom stereocenters. The first kappa shape index (κ1) is 12.3. The zero-order valence-electron chi connectivity index (χ0n) is 9.53. The molecule has 2 rings (SSSR count). The maximum absolute atomic E-state index is 5.92. The number of thiazole rings is 1. The van der Waals surface area contributed by atoms with Gasteiger partial charge in [0.15, 0.2) is 0 Å². The lowest BCUT2D eigenvalue weighted by Crippen LogP contribution is -2.39. The minimum Gasteiger partial charge on any atom is -0.328 e. The van der Waals surface area contributed by atoms with Crippen LogP contribution in [0.3, 0.4) is 0 Å². The Morgan fingerprint density at radius 1 is 1.62 bits per heavy atom. The molecule has 0 aromatic carbocycles. The van der Waals surface area contributed by atoms with Gasteiger partial charge < -0.3 is 5.73 Å². The molecule has 0 amide bonds. The van der Waals surface area contributed by atoms with E-state index in [1.165, 1.54) is 12.8 Å². The van der Waals surface area contributed by atoms with Gasteiger partial charge in [0, 0.05) is 6.04 Å². The number of piperidine rings is 1. The van der Waals surface area contributed by atoms with E-state index in [-0.39, 0.29) is 0 Å². The standard InChI is InChI=1S/C11H18ClN3S/c1-8(13)9-2-4-15(5-3-9)7-11-14-6-10(12)16-11/h6,8-9H,2-5,7,13H2,1H3. The van der Waals surface area contributed by atoms with E-state index < -0.39 is 0 Å². The van der Waals surface area contributed by atoms with E-state index in [0.717, 1.165) is 29.0 Å². The number of nitrogens with zero attached hydrogens (tertiary/aromatic N) is 2. The summed E-state index contributed by atoms with van der Waals surface area (Å²) in [6.07, 6.45) is 4.14. The number of nitrogens with two attached hydrogens (primary N) is 1. The third-order valence-corrected chi connectivity index (χ3v) is 4.36. The predicted molar refractivity (Wildman–Crippen MR) is 68.8 cm³/mol. The van der Waals surface area contributed by atoms with Gasteiger partial charge in [0.25, 0.3) is 0 Å². The molecule has 5 heteroatoms. The molecule has 0 aliphatic carbocycles. The number of hydrogen-bond donors (Lipinski definition) is 1. The smallest absolute Gasteiger partial charge is 0.113 e. The van der Waals surface area contributed by atoms with Gasteiger partial charge in [-0.1, -0.05) is 11.6 Å². The maximum atomic E-state index is 5.92. The Hall–Kier alpha value is -0.160. The van der Waals surface area contributed by atoms with Crippen molar-refractivity contribution in [3.8, 4) is 0 Å². The molecule has 1 aromatic rings. The first-order valence-electron chi connectivity index (χ1n) is 5.73. The van der Waals surface area contributed by atoms with Crippen molar-refractivity contribution in [1.82, 2.24) is 9.88 Å². The van der Waals surface area contributed by atoms with Gasteiger partial charge in [-0.05, 0) is 38.8 Å². The summed E-state index contributed by atoms with van der Waals surface area (Å²) < 4.78 is 0.778. The molecule has 1 atom stereocenters. The molecule has 1 aliphatic rings. The molecule has 2 heterocycles. The van der Waals surface area contributed by atoms with Crippen LogP contribution < -0.4 is 5.73 Å². The molecule has 90 valence electrons. The van der Waals surface area contributed by atoms with Gasteiger partial charge in [0.05, 0.1) is 12.7 Å². The molecule has 0 radical (unpaired) electrons. The molecular weight excluding hydrogens is 242 g/mol. The zero-order valence-corrected chi connectivity index (χ0v) is 11.1. The summed E-state index contributed by atoms with van der Waals surface area (Å²) in [6, 6.07) is 0.330. The molecule has 1 aliphatic heterocycles. The van der Waals surface area contributed by atoms with Crippen molar-refractivity contribution >= 4 is 22.9 Å². The normalized spacial score (nSPS) is 21.2. The molecule has 1 saturated heterocycles. The van der Waals surface area contributed by atoms with Gasteiger partial charge >= 0.3 is 0 Å². The van der Waals surface area contributed by atoms with Crippen molar-refractivity contribution in [2.24, 2.45) is 11.7 Å². The minimum absolute atomic E-state index is 0.330. The van der Waals surface area contributed by atoms with Gasteiger partial charge in [-0.3, -0.25) is 4.90 Å². The van der Waals surface area contributed by atoms with E-state index in [1.807, 2.05) is 0 Å². The monoisotopic (exact) mass is 259 g/mol. The number of hydrogen-bond acceptors (Lipinski definition) is 4. The lowest BCUT2D eigenvalue weighted by Gasteiger charge is -2.33. The van der Waals surface area contributed by atoms with Crippen LogP contribution in [0.1, 0.15) is 24.8 Å². The van der Waals surface area contributed by atoms with Crippen LogP contribution in [0.4, 0.5) is 0 Å². The van der Waals surface area contributed by atoms with E-state index in [0.29, 0.717) is 12.0 Å². The van der Waals surface area contributed by atoms with E-state index >= 15 is 0 Å². The Labute approximate surface area is 106 Å². The van der Waals surface area contributed by atoms with Crippen LogP contribution in [0.15, 0.2) is 6.20 Å². The minimum atomic E-state index is 0.330. The second kappa shape index (κ2) is 5.45. The summed E-state index contributed by atoms with van der Waals surface area (Å²) in [5.41, 5.74) is 5.92. The van der Waals surface area contributed by atoms with Gasteiger partial charge in [-0.2, -0.15) is 0 Å². The third kappa shape index (κ3) is 3.17. The summed E-state index contributed by atoms with van der Waals surface area (Å²) in [6.45, 7) is 5.30. The molecule has 3 nitrogen and oxygen atoms in total. The van der Waals surface area contributed by atoms with Gasteiger partial charge in [0.2, 0.25) is 0 Å². The average molecular weight is 260 g/mol. The Morgan fingerprint density at radius 2 is 2.31 bits per heavy atom. The Bertz CT molecular complexity index is 332. The molecule has 1 fully saturated rings. The molecule has 2 N–H and O–H groups in total. The molecule has 1 aromatic heterocycles. The van der Waals surface area contributed by atoms with Crippen LogP contribution in [0.25, 0.3) is 0 Å². The van der Waals surface area contributed by atoms with Crippen LogP contribution >= 0.6 is 22.9 Å². The fourth-order valence-electron chi connectivity index (χ4n) is 2.19. The second-order valence-electron chi connectivity index (χ2n) is 4.53. The van der Waals surface area contributed by atoms with Crippen molar-refractivity contribution in [2.45, 2.75) is 32.4 Å². The predicted octanol–water partition coefficient (Wildman–Crippen LogP) is 2.36. The van der Waals surface area contributed by atoms with E-state index in [1.54, 1.807) is 17.5 Å². The number of halogens is 1. The second-order valence-corrected chi connectivity index (χ2v) is 6.28. The summed E-state index contributed by atoms with van der Waals surface area (Å²) >= 11 is 7.44. The molecule has 0 saturated carbocycles. The highest BCUT2D eigenvalue weighted by atomic mass is 35.5. The lowest BCUT2D eigenvalue weighted by molar-refractivity contribution is 0.165. The fraction of sp³-hybridized carbons (Fsp3) is 0.727. The highest BCUT2D eigenvalue weighted by Crippen LogP contribution is 2.23. The van der Waals surface area contributed by atoms with Crippen LogP contribution in [0.2, 0.25) is 4.34 Å². The fourth-order valence-corrected chi connectivity index (χ4v) is 3.19. The zero-order chi connectivity index (χ0) is 11.5. The summed E-state index contributed by atoms with van der Waals surface area (Å²) in [5.74, 6) is 0.691. The molecule has 0 bridgehead atoms. The van der Waals surface area contributed by atoms with Crippen LogP contribution in [0.5, 0.6) is 0 Å². The van der Waals surface area contributed by atoms with E-state index in [9.17, 15) is 0 Å². The van der Waals surface area contributed by atoms with Crippen molar-refractivity contribution < 1.29 is 0 Å². The Kier molecular flexibility index (Phi) is 4.19. The molecule has 0 spiro atoms.